The molecule has 1 aliphatic heterocycles. The summed E-state index contributed by atoms with van der Waals surface area (Å²) in [7, 11) is 0. The Labute approximate surface area is 131 Å². The van der Waals surface area contributed by atoms with Crippen LogP contribution in [0.15, 0.2) is 24.3 Å². The number of nitrogens with zero attached hydrogens (tertiary/aromatic N) is 1. The molecule has 1 saturated heterocycles. The monoisotopic (exact) mass is 311 g/mol. The van der Waals surface area contributed by atoms with E-state index < -0.39 is 0 Å². The van der Waals surface area contributed by atoms with Crippen LogP contribution in [-0.4, -0.2) is 24.4 Å². The van der Waals surface area contributed by atoms with Gasteiger partial charge in [-0.1, -0.05) is 12.1 Å². The van der Waals surface area contributed by atoms with Crippen LogP contribution in [-0.2, 0) is 16.1 Å². The van der Waals surface area contributed by atoms with E-state index >= 15 is 0 Å². The number of carbonyl (C=O) groups is 2. The predicted octanol–water partition coefficient (Wildman–Crippen LogP) is 1.59. The van der Waals surface area contributed by atoms with Crippen LogP contribution in [0.25, 0.3) is 0 Å². The van der Waals surface area contributed by atoms with Gasteiger partial charge in [-0.25, -0.2) is 0 Å². The standard InChI is InChI=1S/C15H21N3O2.ClH/c1-11(16)8-14(19)17-10-12-4-2-5-13(9-12)18-7-3-6-15(18)20;/h2,4-5,9,11H,3,6-8,10,16H2,1H3,(H,17,19);1H. The van der Waals surface area contributed by atoms with Gasteiger partial charge in [0.25, 0.3) is 0 Å². The SMILES string of the molecule is CC(N)CC(=O)NCc1cccc(N2CCCC2=O)c1.Cl. The smallest absolute Gasteiger partial charge is 0.227 e. The van der Waals surface area contributed by atoms with Crippen LogP contribution in [0.5, 0.6) is 0 Å². The molecular weight excluding hydrogens is 290 g/mol. The lowest BCUT2D eigenvalue weighted by Gasteiger charge is -2.16. The second-order valence-corrected chi connectivity index (χ2v) is 5.28. The first-order chi connectivity index (χ1) is 9.56. The normalized spacial score (nSPS) is 15.5. The summed E-state index contributed by atoms with van der Waals surface area (Å²) in [6.45, 7) is 3.04. The summed E-state index contributed by atoms with van der Waals surface area (Å²) in [5, 5.41) is 2.84. The third-order valence-corrected chi connectivity index (χ3v) is 3.29. The van der Waals surface area contributed by atoms with Gasteiger partial charge < -0.3 is 16.0 Å². The molecule has 1 unspecified atom stereocenters. The number of hydrogen-bond donors (Lipinski definition) is 2. The fourth-order valence-corrected chi connectivity index (χ4v) is 2.32. The highest BCUT2D eigenvalue weighted by Gasteiger charge is 2.21. The Morgan fingerprint density at radius 1 is 1.48 bits per heavy atom. The molecule has 2 rings (SSSR count). The topological polar surface area (TPSA) is 75.4 Å². The largest absolute Gasteiger partial charge is 0.352 e. The number of nitrogens with two attached hydrogens (primary N) is 1. The first-order valence-corrected chi connectivity index (χ1v) is 6.98. The summed E-state index contributed by atoms with van der Waals surface area (Å²) in [5.74, 6) is 0.116. The third kappa shape index (κ3) is 5.02. The third-order valence-electron chi connectivity index (χ3n) is 3.29. The molecule has 5 nitrogen and oxygen atoms in total. The maximum Gasteiger partial charge on any atom is 0.227 e. The number of carbonyl (C=O) groups excluding carboxylic acids is 2. The molecule has 0 bridgehead atoms. The minimum Gasteiger partial charge on any atom is -0.352 e. The molecule has 3 N–H and O–H groups in total. The highest BCUT2D eigenvalue weighted by Crippen LogP contribution is 2.22. The minimum atomic E-state index is -0.136. The lowest BCUT2D eigenvalue weighted by atomic mass is 10.1. The molecule has 116 valence electrons. The van der Waals surface area contributed by atoms with Crippen LogP contribution in [0.1, 0.15) is 31.7 Å². The quantitative estimate of drug-likeness (QED) is 0.867. The summed E-state index contributed by atoms with van der Waals surface area (Å²) < 4.78 is 0. The Bertz CT molecular complexity index is 505. The van der Waals surface area contributed by atoms with E-state index in [0.717, 1.165) is 24.2 Å². The van der Waals surface area contributed by atoms with Crippen molar-refractivity contribution in [3.63, 3.8) is 0 Å². The highest BCUT2D eigenvalue weighted by molar-refractivity contribution is 5.95. The summed E-state index contributed by atoms with van der Waals surface area (Å²) in [6, 6.07) is 7.60. The molecule has 0 saturated carbocycles. The molecule has 6 heteroatoms. The van der Waals surface area contributed by atoms with E-state index in [1.165, 1.54) is 0 Å². The van der Waals surface area contributed by atoms with E-state index in [2.05, 4.69) is 5.32 Å². The van der Waals surface area contributed by atoms with Gasteiger partial charge in [0.15, 0.2) is 0 Å². The molecule has 0 aliphatic carbocycles. The van der Waals surface area contributed by atoms with Gasteiger partial charge in [0.1, 0.15) is 0 Å². The fraction of sp³-hybridized carbons (Fsp3) is 0.467. The van der Waals surface area contributed by atoms with Crippen molar-refractivity contribution >= 4 is 29.9 Å². The van der Waals surface area contributed by atoms with E-state index in [9.17, 15) is 9.59 Å². The average molecular weight is 312 g/mol. The molecule has 1 heterocycles. The second-order valence-electron chi connectivity index (χ2n) is 5.28. The molecule has 21 heavy (non-hydrogen) atoms. The predicted molar refractivity (Wildman–Crippen MR) is 85.4 cm³/mol. The van der Waals surface area contributed by atoms with Gasteiger partial charge in [0, 0.05) is 37.7 Å². The number of halogens is 1. The van der Waals surface area contributed by atoms with Crippen LogP contribution < -0.4 is 16.0 Å². The van der Waals surface area contributed by atoms with Crippen LogP contribution in [0, 0.1) is 0 Å². The van der Waals surface area contributed by atoms with Gasteiger partial charge >= 0.3 is 0 Å². The molecule has 1 fully saturated rings. The molecule has 0 radical (unpaired) electrons. The molecule has 2 amide bonds. The van der Waals surface area contributed by atoms with Gasteiger partial charge in [0.05, 0.1) is 0 Å². The molecule has 0 spiro atoms. The van der Waals surface area contributed by atoms with Crippen molar-refractivity contribution < 1.29 is 9.59 Å². The first-order valence-electron chi connectivity index (χ1n) is 6.98. The van der Waals surface area contributed by atoms with Crippen LogP contribution in [0.4, 0.5) is 5.69 Å². The van der Waals surface area contributed by atoms with Crippen molar-refractivity contribution in [2.75, 3.05) is 11.4 Å². The zero-order valence-corrected chi connectivity index (χ0v) is 13.0. The van der Waals surface area contributed by atoms with E-state index in [1.54, 1.807) is 11.8 Å². The molecular formula is C15H22ClN3O2. The number of hydrogen-bond acceptors (Lipinski definition) is 3. The Morgan fingerprint density at radius 2 is 2.24 bits per heavy atom. The van der Waals surface area contributed by atoms with Crippen LogP contribution >= 0.6 is 12.4 Å². The highest BCUT2D eigenvalue weighted by atomic mass is 35.5. The second kappa shape index (κ2) is 8.00. The lowest BCUT2D eigenvalue weighted by Crippen LogP contribution is -2.29. The minimum absolute atomic E-state index is 0. The lowest BCUT2D eigenvalue weighted by molar-refractivity contribution is -0.121. The Morgan fingerprint density at radius 3 is 2.86 bits per heavy atom. The van der Waals surface area contributed by atoms with Gasteiger partial charge in [-0.15, -0.1) is 12.4 Å². The van der Waals surface area contributed by atoms with Crippen molar-refractivity contribution in [1.29, 1.82) is 0 Å². The van der Waals surface area contributed by atoms with Crippen molar-refractivity contribution in [2.45, 2.75) is 38.8 Å². The summed E-state index contributed by atoms with van der Waals surface area (Å²) in [6.07, 6.45) is 1.85. The van der Waals surface area contributed by atoms with E-state index in [1.807, 2.05) is 24.3 Å². The average Bonchev–Trinajstić information content (AvgIpc) is 2.82. The Kier molecular flexibility index (Phi) is 6.65. The van der Waals surface area contributed by atoms with E-state index in [4.69, 9.17) is 5.73 Å². The molecule has 0 aromatic heterocycles. The van der Waals surface area contributed by atoms with Crippen molar-refractivity contribution in [2.24, 2.45) is 5.73 Å². The van der Waals surface area contributed by atoms with Crippen molar-refractivity contribution in [3.05, 3.63) is 29.8 Å². The van der Waals surface area contributed by atoms with E-state index in [-0.39, 0.29) is 30.3 Å². The number of amides is 2. The van der Waals surface area contributed by atoms with Gasteiger partial charge in [0.2, 0.25) is 11.8 Å². The number of rotatable bonds is 5. The van der Waals surface area contributed by atoms with Gasteiger partial charge in [-0.05, 0) is 31.0 Å². The molecule has 1 atom stereocenters. The Hall–Kier alpha value is -1.59. The first kappa shape index (κ1) is 17.5. The zero-order valence-electron chi connectivity index (χ0n) is 12.2. The number of anilines is 1. The van der Waals surface area contributed by atoms with Crippen LogP contribution in [0.3, 0.4) is 0 Å². The van der Waals surface area contributed by atoms with Crippen LogP contribution in [0.2, 0.25) is 0 Å². The summed E-state index contributed by atoms with van der Waals surface area (Å²) >= 11 is 0. The van der Waals surface area contributed by atoms with E-state index in [0.29, 0.717) is 19.4 Å². The Balaban J connectivity index is 0.00000220. The van der Waals surface area contributed by atoms with Gasteiger partial charge in [-0.2, -0.15) is 0 Å². The maximum atomic E-state index is 11.7. The number of nitrogens with one attached hydrogen (secondary N) is 1. The maximum absolute atomic E-state index is 11.7. The van der Waals surface area contributed by atoms with Gasteiger partial charge in [-0.3, -0.25) is 9.59 Å². The molecule has 1 aromatic carbocycles. The summed E-state index contributed by atoms with van der Waals surface area (Å²) in [4.78, 5) is 25.1. The zero-order chi connectivity index (χ0) is 14.5. The fourth-order valence-electron chi connectivity index (χ4n) is 2.32. The number of benzene rings is 1. The molecule has 1 aromatic rings. The van der Waals surface area contributed by atoms with Crippen molar-refractivity contribution in [3.8, 4) is 0 Å². The molecule has 1 aliphatic rings. The van der Waals surface area contributed by atoms with Crippen molar-refractivity contribution in [1.82, 2.24) is 5.32 Å². The summed E-state index contributed by atoms with van der Waals surface area (Å²) in [5.41, 5.74) is 7.47.